The van der Waals surface area contributed by atoms with Crippen molar-refractivity contribution in [1.29, 1.82) is 0 Å². The van der Waals surface area contributed by atoms with Crippen LogP contribution in [0.25, 0.3) is 11.6 Å². The lowest BCUT2D eigenvalue weighted by molar-refractivity contribution is 0.0923. The number of hydrogen-bond donors (Lipinski definition) is 2. The van der Waals surface area contributed by atoms with Crippen LogP contribution < -0.4 is 11.3 Å². The minimum Gasteiger partial charge on any atom is -0.461 e. The smallest absolute Gasteiger partial charge is 0.301 e. The van der Waals surface area contributed by atoms with Crippen LogP contribution in [-0.2, 0) is 6.54 Å². The molecule has 0 aliphatic carbocycles. The van der Waals surface area contributed by atoms with Crippen LogP contribution in [0.4, 0.5) is 0 Å². The molecule has 0 radical (unpaired) electrons. The van der Waals surface area contributed by atoms with E-state index >= 15 is 0 Å². The lowest BCUT2D eigenvalue weighted by Gasteiger charge is -1.96. The highest BCUT2D eigenvalue weighted by Crippen LogP contribution is 2.16. The fourth-order valence-corrected chi connectivity index (χ4v) is 1.87. The number of tetrazole rings is 1. The molecule has 3 rings (SSSR count). The second-order valence-electron chi connectivity index (χ2n) is 4.32. The Morgan fingerprint density at radius 2 is 2.38 bits per heavy atom. The van der Waals surface area contributed by atoms with Crippen molar-refractivity contribution < 1.29 is 13.6 Å². The molecule has 3 aromatic heterocycles. The quantitative estimate of drug-likeness (QED) is 0.406. The number of rotatable bonds is 4. The number of hydrazine groups is 1. The molecule has 21 heavy (non-hydrogen) atoms. The van der Waals surface area contributed by atoms with Gasteiger partial charge < -0.3 is 8.83 Å². The van der Waals surface area contributed by atoms with Crippen LogP contribution in [-0.4, -0.2) is 26.1 Å². The molecule has 3 heterocycles. The molecule has 9 nitrogen and oxygen atoms in total. The number of carbonyl (C=O) groups excluding carboxylic acids is 1. The number of furan rings is 2. The Morgan fingerprint density at radius 3 is 3.10 bits per heavy atom. The molecule has 0 bridgehead atoms. The van der Waals surface area contributed by atoms with E-state index in [2.05, 4.69) is 15.4 Å². The van der Waals surface area contributed by atoms with Crippen molar-refractivity contribution in [3.05, 3.63) is 41.5 Å². The van der Waals surface area contributed by atoms with E-state index in [4.69, 9.17) is 14.7 Å². The summed E-state index contributed by atoms with van der Waals surface area (Å²) < 4.78 is 10.6. The topological polar surface area (TPSA) is 125 Å². The van der Waals surface area contributed by atoms with E-state index in [1.807, 2.05) is 5.43 Å². The highest BCUT2D eigenvalue weighted by molar-refractivity contribution is 5.92. The van der Waals surface area contributed by atoms with E-state index in [0.717, 1.165) is 0 Å². The van der Waals surface area contributed by atoms with Crippen molar-refractivity contribution in [3.8, 4) is 11.6 Å². The van der Waals surface area contributed by atoms with Crippen molar-refractivity contribution in [2.45, 2.75) is 13.5 Å². The Bertz CT molecular complexity index is 758. The maximum atomic E-state index is 11.5. The molecule has 108 valence electrons. The van der Waals surface area contributed by atoms with Gasteiger partial charge in [-0.25, -0.2) is 5.84 Å². The zero-order valence-corrected chi connectivity index (χ0v) is 11.1. The maximum Gasteiger partial charge on any atom is 0.301 e. The average molecular weight is 288 g/mol. The molecule has 0 unspecified atom stereocenters. The first-order chi connectivity index (χ1) is 10.2. The number of amides is 1. The van der Waals surface area contributed by atoms with E-state index in [9.17, 15) is 4.79 Å². The highest BCUT2D eigenvalue weighted by Gasteiger charge is 2.16. The van der Waals surface area contributed by atoms with Crippen LogP contribution in [0.5, 0.6) is 0 Å². The fourth-order valence-electron chi connectivity index (χ4n) is 1.87. The third kappa shape index (κ3) is 2.54. The fraction of sp³-hybridized carbons (Fsp3) is 0.167. The van der Waals surface area contributed by atoms with E-state index in [0.29, 0.717) is 22.9 Å². The molecule has 0 saturated heterocycles. The molecule has 0 atom stereocenters. The van der Waals surface area contributed by atoms with Gasteiger partial charge in [0.05, 0.1) is 6.26 Å². The maximum absolute atomic E-state index is 11.5. The van der Waals surface area contributed by atoms with Gasteiger partial charge >= 0.3 is 5.91 Å². The van der Waals surface area contributed by atoms with Crippen LogP contribution in [0, 0.1) is 6.92 Å². The molecule has 3 N–H and O–H groups in total. The van der Waals surface area contributed by atoms with Gasteiger partial charge in [0.2, 0.25) is 5.82 Å². The Hall–Kier alpha value is -2.94. The number of nitrogen functional groups attached to an aromatic ring is 1. The summed E-state index contributed by atoms with van der Waals surface area (Å²) in [6.45, 7) is 1.99. The first-order valence-electron chi connectivity index (χ1n) is 6.09. The standard InChI is InChI=1S/C12H12N6O3/c1-7-5-8(21-10(7)12(19)14-13)6-18-16-11(15-17-18)9-3-2-4-20-9/h2-5H,6,13H2,1H3,(H,14,19). The molecule has 9 heteroatoms. The third-order valence-corrected chi connectivity index (χ3v) is 2.80. The summed E-state index contributed by atoms with van der Waals surface area (Å²) in [7, 11) is 0. The molecule has 0 aromatic carbocycles. The number of hydrogen-bond acceptors (Lipinski definition) is 7. The Kier molecular flexibility index (Phi) is 3.24. The van der Waals surface area contributed by atoms with E-state index in [1.54, 1.807) is 25.1 Å². The molecule has 1 amide bonds. The second-order valence-corrected chi connectivity index (χ2v) is 4.32. The largest absolute Gasteiger partial charge is 0.461 e. The number of nitrogens with zero attached hydrogens (tertiary/aromatic N) is 4. The molecule has 0 fully saturated rings. The Labute approximate surface area is 118 Å². The van der Waals surface area contributed by atoms with Crippen LogP contribution in [0.3, 0.4) is 0 Å². The van der Waals surface area contributed by atoms with Gasteiger partial charge in [0.15, 0.2) is 11.5 Å². The minimum atomic E-state index is -0.485. The predicted molar refractivity (Wildman–Crippen MR) is 69.7 cm³/mol. The van der Waals surface area contributed by atoms with Crippen molar-refractivity contribution in [1.82, 2.24) is 25.6 Å². The van der Waals surface area contributed by atoms with E-state index in [1.165, 1.54) is 11.1 Å². The third-order valence-electron chi connectivity index (χ3n) is 2.80. The van der Waals surface area contributed by atoms with Gasteiger partial charge in [0.1, 0.15) is 12.3 Å². The lowest BCUT2D eigenvalue weighted by atomic mass is 10.2. The summed E-state index contributed by atoms with van der Waals surface area (Å²) in [4.78, 5) is 12.8. The number of aryl methyl sites for hydroxylation is 1. The van der Waals surface area contributed by atoms with Crippen LogP contribution >= 0.6 is 0 Å². The second kappa shape index (κ2) is 5.21. The van der Waals surface area contributed by atoms with Gasteiger partial charge in [-0.2, -0.15) is 4.80 Å². The van der Waals surface area contributed by atoms with Crippen molar-refractivity contribution in [2.24, 2.45) is 5.84 Å². The molecular formula is C12H12N6O3. The zero-order chi connectivity index (χ0) is 14.8. The summed E-state index contributed by atoms with van der Waals surface area (Å²) in [6.07, 6.45) is 1.53. The molecular weight excluding hydrogens is 276 g/mol. The molecule has 0 aliphatic heterocycles. The van der Waals surface area contributed by atoms with Gasteiger partial charge in [0.25, 0.3) is 0 Å². The highest BCUT2D eigenvalue weighted by atomic mass is 16.4. The number of nitrogens with one attached hydrogen (secondary N) is 1. The molecule has 3 aromatic rings. The summed E-state index contributed by atoms with van der Waals surface area (Å²) in [6, 6.07) is 5.20. The number of nitrogens with two attached hydrogens (primary N) is 1. The van der Waals surface area contributed by atoms with Crippen LogP contribution in [0.1, 0.15) is 21.9 Å². The first-order valence-corrected chi connectivity index (χ1v) is 6.09. The summed E-state index contributed by atoms with van der Waals surface area (Å²) in [5, 5.41) is 12.0. The number of aromatic nitrogens is 4. The van der Waals surface area contributed by atoms with Crippen molar-refractivity contribution in [3.63, 3.8) is 0 Å². The lowest BCUT2D eigenvalue weighted by Crippen LogP contribution is -2.30. The monoisotopic (exact) mass is 288 g/mol. The van der Waals surface area contributed by atoms with Gasteiger partial charge in [-0.15, -0.1) is 10.2 Å². The molecule has 0 aliphatic rings. The summed E-state index contributed by atoms with van der Waals surface area (Å²) in [5.74, 6) is 6.19. The Morgan fingerprint density at radius 1 is 1.52 bits per heavy atom. The van der Waals surface area contributed by atoms with Crippen molar-refractivity contribution in [2.75, 3.05) is 0 Å². The van der Waals surface area contributed by atoms with Crippen LogP contribution in [0.15, 0.2) is 33.3 Å². The van der Waals surface area contributed by atoms with Gasteiger partial charge in [-0.05, 0) is 30.3 Å². The predicted octanol–water partition coefficient (Wildman–Crippen LogP) is 0.486. The van der Waals surface area contributed by atoms with Gasteiger partial charge in [0, 0.05) is 5.56 Å². The van der Waals surface area contributed by atoms with E-state index < -0.39 is 5.91 Å². The van der Waals surface area contributed by atoms with E-state index in [-0.39, 0.29) is 12.3 Å². The van der Waals surface area contributed by atoms with Gasteiger partial charge in [-0.3, -0.25) is 10.2 Å². The molecule has 0 saturated carbocycles. The Balaban J connectivity index is 1.80. The first kappa shape index (κ1) is 13.1. The van der Waals surface area contributed by atoms with Crippen LogP contribution in [0.2, 0.25) is 0 Å². The number of carbonyl (C=O) groups is 1. The zero-order valence-electron chi connectivity index (χ0n) is 11.1. The average Bonchev–Trinajstić information content (AvgIpc) is 3.18. The summed E-state index contributed by atoms with van der Waals surface area (Å²) in [5.41, 5.74) is 2.71. The molecule has 0 spiro atoms. The van der Waals surface area contributed by atoms with Crippen molar-refractivity contribution >= 4 is 5.91 Å². The minimum absolute atomic E-state index is 0.166. The SMILES string of the molecule is Cc1cc(Cn2nnc(-c3ccco3)n2)oc1C(=O)NN. The van der Waals surface area contributed by atoms with Gasteiger partial charge in [-0.1, -0.05) is 0 Å². The normalized spacial score (nSPS) is 10.8. The summed E-state index contributed by atoms with van der Waals surface area (Å²) >= 11 is 0.